The van der Waals surface area contributed by atoms with Crippen molar-refractivity contribution in [1.82, 2.24) is 4.90 Å². The van der Waals surface area contributed by atoms with Crippen LogP contribution in [0, 0.1) is 11.7 Å². The smallest absolute Gasteiger partial charge is 0.337 e. The molecule has 1 unspecified atom stereocenters. The quantitative estimate of drug-likeness (QED) is 0.739. The molecule has 2 aromatic rings. The molecule has 3 rings (SSSR count). The summed E-state index contributed by atoms with van der Waals surface area (Å²) >= 11 is 0. The topological polar surface area (TPSA) is 38.8 Å². The van der Waals surface area contributed by atoms with E-state index >= 15 is 0 Å². The molecule has 0 N–H and O–H groups in total. The van der Waals surface area contributed by atoms with Crippen molar-refractivity contribution < 1.29 is 18.7 Å². The second-order valence-corrected chi connectivity index (χ2v) is 6.74. The van der Waals surface area contributed by atoms with Gasteiger partial charge in [0.25, 0.3) is 0 Å². The van der Waals surface area contributed by atoms with Gasteiger partial charge < -0.3 is 9.47 Å². The normalized spacial score (nSPS) is 17.3. The molecule has 0 saturated carbocycles. The molecule has 1 heterocycles. The lowest BCUT2D eigenvalue weighted by Crippen LogP contribution is -2.21. The number of benzene rings is 2. The van der Waals surface area contributed by atoms with Gasteiger partial charge in [-0.3, -0.25) is 4.90 Å². The molecule has 0 aromatic heterocycles. The van der Waals surface area contributed by atoms with Crippen LogP contribution in [0.2, 0.25) is 0 Å². The first-order chi connectivity index (χ1) is 12.6. The van der Waals surface area contributed by atoms with Crippen LogP contribution in [-0.2, 0) is 17.7 Å². The molecule has 1 aliphatic rings. The van der Waals surface area contributed by atoms with E-state index in [4.69, 9.17) is 9.47 Å². The maximum Gasteiger partial charge on any atom is 0.337 e. The lowest BCUT2D eigenvalue weighted by atomic mass is 9.98. The Kier molecular flexibility index (Phi) is 5.89. The van der Waals surface area contributed by atoms with E-state index in [-0.39, 0.29) is 11.8 Å². The van der Waals surface area contributed by atoms with E-state index in [9.17, 15) is 9.18 Å². The van der Waals surface area contributed by atoms with Crippen LogP contribution in [0.15, 0.2) is 42.5 Å². The summed E-state index contributed by atoms with van der Waals surface area (Å²) in [5.74, 6) is 0.592. The van der Waals surface area contributed by atoms with Gasteiger partial charge in [0.2, 0.25) is 0 Å². The number of hydrogen-bond acceptors (Lipinski definition) is 4. The van der Waals surface area contributed by atoms with Gasteiger partial charge in [-0.2, -0.15) is 0 Å². The number of ether oxygens (including phenoxy) is 2. The highest BCUT2D eigenvalue weighted by Gasteiger charge is 2.23. The number of carbonyl (C=O) groups excluding carboxylic acids is 1. The molecule has 0 spiro atoms. The number of likely N-dealkylation sites (tertiary alicyclic amines) is 1. The molecule has 1 aliphatic heterocycles. The molecule has 4 nitrogen and oxygen atoms in total. The average Bonchev–Trinajstić information content (AvgIpc) is 3.10. The van der Waals surface area contributed by atoms with Gasteiger partial charge >= 0.3 is 5.97 Å². The molecule has 26 heavy (non-hydrogen) atoms. The maximum absolute atomic E-state index is 13.3. The minimum absolute atomic E-state index is 0.278. The van der Waals surface area contributed by atoms with Crippen LogP contribution in [0.5, 0.6) is 5.75 Å². The maximum atomic E-state index is 13.3. The summed E-state index contributed by atoms with van der Waals surface area (Å²) in [7, 11) is 2.96. The van der Waals surface area contributed by atoms with Crippen molar-refractivity contribution in [2.45, 2.75) is 19.4 Å². The van der Waals surface area contributed by atoms with Crippen LogP contribution in [0.1, 0.15) is 27.9 Å². The summed E-state index contributed by atoms with van der Waals surface area (Å²) in [6.45, 7) is 2.78. The van der Waals surface area contributed by atoms with E-state index in [0.29, 0.717) is 17.2 Å². The number of esters is 1. The molecule has 1 fully saturated rings. The molecule has 5 heteroatoms. The molecule has 138 valence electrons. The summed E-state index contributed by atoms with van der Waals surface area (Å²) in [5.41, 5.74) is 2.81. The van der Waals surface area contributed by atoms with Crippen molar-refractivity contribution in [3.05, 3.63) is 65.0 Å². The fraction of sp³-hybridized carbons (Fsp3) is 0.381. The molecular weight excluding hydrogens is 333 g/mol. The first-order valence-electron chi connectivity index (χ1n) is 8.81. The van der Waals surface area contributed by atoms with Crippen LogP contribution in [0.4, 0.5) is 4.39 Å². The third-order valence-electron chi connectivity index (χ3n) is 4.91. The van der Waals surface area contributed by atoms with Crippen molar-refractivity contribution in [1.29, 1.82) is 0 Å². The van der Waals surface area contributed by atoms with Crippen LogP contribution in [0.3, 0.4) is 0 Å². The fourth-order valence-electron chi connectivity index (χ4n) is 3.54. The molecule has 0 amide bonds. The predicted octanol–water partition coefficient (Wildman–Crippen LogP) is 3.69. The number of nitrogens with zero attached hydrogens (tertiary/aromatic N) is 1. The third-order valence-corrected chi connectivity index (χ3v) is 4.91. The molecule has 1 saturated heterocycles. The molecule has 0 aliphatic carbocycles. The standard InChI is InChI=1S/C21H24FNO3/c1-25-20-12-19(22)8-7-18(20)14-23-10-9-16(13-23)11-15-3-5-17(6-4-15)21(24)26-2/h3-8,12,16H,9-11,13-14H2,1-2H3. The van der Waals surface area contributed by atoms with Gasteiger partial charge in [-0.15, -0.1) is 0 Å². The van der Waals surface area contributed by atoms with Crippen molar-refractivity contribution in [2.24, 2.45) is 5.92 Å². The Hall–Kier alpha value is -2.40. The Labute approximate surface area is 153 Å². The Morgan fingerprint density at radius 2 is 1.96 bits per heavy atom. The van der Waals surface area contributed by atoms with Crippen LogP contribution in [0.25, 0.3) is 0 Å². The molecule has 0 bridgehead atoms. The predicted molar refractivity (Wildman–Crippen MR) is 97.8 cm³/mol. The van der Waals surface area contributed by atoms with E-state index in [1.54, 1.807) is 13.2 Å². The minimum Gasteiger partial charge on any atom is -0.496 e. The van der Waals surface area contributed by atoms with Crippen molar-refractivity contribution in [3.8, 4) is 5.75 Å². The highest BCUT2D eigenvalue weighted by Crippen LogP contribution is 2.26. The third kappa shape index (κ3) is 4.41. The summed E-state index contributed by atoms with van der Waals surface area (Å²) in [4.78, 5) is 13.9. The highest BCUT2D eigenvalue weighted by atomic mass is 19.1. The Balaban J connectivity index is 1.56. The van der Waals surface area contributed by atoms with Crippen LogP contribution < -0.4 is 4.74 Å². The minimum atomic E-state index is -0.308. The lowest BCUT2D eigenvalue weighted by molar-refractivity contribution is 0.0600. The number of methoxy groups -OCH3 is 2. The molecule has 2 aromatic carbocycles. The summed E-state index contributed by atoms with van der Waals surface area (Å²) < 4.78 is 23.4. The Bertz CT molecular complexity index is 760. The fourth-order valence-corrected chi connectivity index (χ4v) is 3.54. The zero-order chi connectivity index (χ0) is 18.5. The first-order valence-corrected chi connectivity index (χ1v) is 8.81. The zero-order valence-corrected chi connectivity index (χ0v) is 15.2. The number of carbonyl (C=O) groups is 1. The van der Waals surface area contributed by atoms with E-state index in [0.717, 1.165) is 38.0 Å². The first kappa shape index (κ1) is 18.4. The molecule has 1 atom stereocenters. The molecule has 0 radical (unpaired) electrons. The van der Waals surface area contributed by atoms with Crippen molar-refractivity contribution in [3.63, 3.8) is 0 Å². The lowest BCUT2D eigenvalue weighted by Gasteiger charge is -2.18. The largest absolute Gasteiger partial charge is 0.496 e. The van der Waals surface area contributed by atoms with Crippen molar-refractivity contribution in [2.75, 3.05) is 27.3 Å². The SMILES string of the molecule is COC(=O)c1ccc(CC2CCN(Cc3ccc(F)cc3OC)C2)cc1. The summed E-state index contributed by atoms with van der Waals surface area (Å²) in [5, 5.41) is 0. The van der Waals surface area contributed by atoms with Gasteiger partial charge in [0.1, 0.15) is 11.6 Å². The average molecular weight is 357 g/mol. The van der Waals surface area contributed by atoms with Gasteiger partial charge in [0, 0.05) is 24.7 Å². The van der Waals surface area contributed by atoms with Crippen molar-refractivity contribution >= 4 is 5.97 Å². The zero-order valence-electron chi connectivity index (χ0n) is 15.2. The van der Waals surface area contributed by atoms with Gasteiger partial charge in [0.05, 0.1) is 19.8 Å². The van der Waals surface area contributed by atoms with Gasteiger partial charge in [0.15, 0.2) is 0 Å². The summed E-state index contributed by atoms with van der Waals surface area (Å²) in [6.07, 6.45) is 2.11. The molecular formula is C21H24FNO3. The van der Waals surface area contributed by atoms with Crippen LogP contribution >= 0.6 is 0 Å². The van der Waals surface area contributed by atoms with E-state index in [1.807, 2.05) is 24.3 Å². The van der Waals surface area contributed by atoms with E-state index in [2.05, 4.69) is 4.90 Å². The van der Waals surface area contributed by atoms with E-state index < -0.39 is 0 Å². The second kappa shape index (κ2) is 8.32. The number of halogens is 1. The second-order valence-electron chi connectivity index (χ2n) is 6.74. The Morgan fingerprint density at radius 3 is 2.65 bits per heavy atom. The monoisotopic (exact) mass is 357 g/mol. The number of rotatable bonds is 6. The highest BCUT2D eigenvalue weighted by molar-refractivity contribution is 5.89. The number of hydrogen-bond donors (Lipinski definition) is 0. The van der Waals surface area contributed by atoms with Gasteiger partial charge in [-0.1, -0.05) is 18.2 Å². The van der Waals surface area contributed by atoms with E-state index in [1.165, 1.54) is 24.8 Å². The summed E-state index contributed by atoms with van der Waals surface area (Å²) in [6, 6.07) is 12.3. The Morgan fingerprint density at radius 1 is 1.19 bits per heavy atom. The van der Waals surface area contributed by atoms with Crippen LogP contribution in [-0.4, -0.2) is 38.2 Å². The van der Waals surface area contributed by atoms with Gasteiger partial charge in [-0.05, 0) is 49.1 Å². The van der Waals surface area contributed by atoms with Gasteiger partial charge in [-0.25, -0.2) is 9.18 Å².